The molecular weight excluding hydrogens is 297 g/mol. The number of nitrogens with zero attached hydrogens (tertiary/aromatic N) is 1. The Morgan fingerprint density at radius 1 is 1.43 bits per heavy atom. The van der Waals surface area contributed by atoms with E-state index in [1.165, 1.54) is 23.1 Å². The monoisotopic (exact) mass is 313 g/mol. The topological polar surface area (TPSA) is 57.6 Å². The number of piperidine rings is 1. The molecule has 1 aromatic rings. The third-order valence-electron chi connectivity index (χ3n) is 3.75. The maximum Gasteiger partial charge on any atom is 0.308 e. The van der Waals surface area contributed by atoms with E-state index >= 15 is 0 Å². The molecule has 0 saturated carbocycles. The number of rotatable bonds is 3. The Bertz CT molecular complexity index is 544. The molecule has 1 aromatic carbocycles. The van der Waals surface area contributed by atoms with E-state index in [2.05, 4.69) is 0 Å². The van der Waals surface area contributed by atoms with Gasteiger partial charge >= 0.3 is 5.97 Å². The molecule has 21 heavy (non-hydrogen) atoms. The third-order valence-corrected chi connectivity index (χ3v) is 4.11. The molecule has 1 heterocycles. The van der Waals surface area contributed by atoms with E-state index in [4.69, 9.17) is 16.7 Å². The Kier molecular flexibility index (Phi) is 4.83. The first kappa shape index (κ1) is 15.8. The van der Waals surface area contributed by atoms with Crippen molar-refractivity contribution in [1.29, 1.82) is 0 Å². The van der Waals surface area contributed by atoms with Crippen LogP contribution in [0.1, 0.15) is 18.9 Å². The lowest BCUT2D eigenvalue weighted by Crippen LogP contribution is -2.46. The summed E-state index contributed by atoms with van der Waals surface area (Å²) < 4.78 is 13.7. The first-order chi connectivity index (χ1) is 9.88. The lowest BCUT2D eigenvalue weighted by molar-refractivity contribution is -0.146. The van der Waals surface area contributed by atoms with Gasteiger partial charge in [0, 0.05) is 23.7 Å². The summed E-state index contributed by atoms with van der Waals surface area (Å²) in [6, 6.07) is 4.27. The summed E-state index contributed by atoms with van der Waals surface area (Å²) in [5, 5.41) is 9.33. The number of halogens is 2. The van der Waals surface area contributed by atoms with Gasteiger partial charge in [-0.15, -0.1) is 0 Å². The molecule has 0 radical (unpaired) electrons. The number of carboxylic acids is 1. The molecule has 2 unspecified atom stereocenters. The van der Waals surface area contributed by atoms with E-state index in [9.17, 15) is 14.0 Å². The zero-order valence-corrected chi connectivity index (χ0v) is 12.4. The summed E-state index contributed by atoms with van der Waals surface area (Å²) in [5.41, 5.74) is 0.161. The molecule has 1 amide bonds. The summed E-state index contributed by atoms with van der Waals surface area (Å²) in [6.07, 6.45) is 0.407. The van der Waals surface area contributed by atoms with Crippen molar-refractivity contribution < 1.29 is 19.1 Å². The molecule has 1 saturated heterocycles. The molecule has 6 heteroatoms. The fraction of sp³-hybridized carbons (Fsp3) is 0.467. The zero-order chi connectivity index (χ0) is 15.6. The van der Waals surface area contributed by atoms with E-state index in [0.29, 0.717) is 13.0 Å². The first-order valence-corrected chi connectivity index (χ1v) is 7.19. The Balaban J connectivity index is 2.11. The molecular formula is C15H17ClFNO3. The maximum absolute atomic E-state index is 13.7. The Hall–Kier alpha value is -1.62. The number of amides is 1. The number of hydrogen-bond donors (Lipinski definition) is 1. The second-order valence-corrected chi connectivity index (χ2v) is 5.96. The van der Waals surface area contributed by atoms with E-state index in [1.54, 1.807) is 0 Å². The van der Waals surface area contributed by atoms with Crippen molar-refractivity contribution in [2.75, 3.05) is 13.1 Å². The van der Waals surface area contributed by atoms with E-state index in [-0.39, 0.29) is 35.4 Å². The highest BCUT2D eigenvalue weighted by molar-refractivity contribution is 6.31. The molecule has 2 atom stereocenters. The highest BCUT2D eigenvalue weighted by atomic mass is 35.5. The predicted octanol–water partition coefficient (Wildman–Crippen LogP) is 2.59. The number of likely N-dealkylation sites (tertiary alicyclic amines) is 1. The van der Waals surface area contributed by atoms with Crippen LogP contribution in [0.5, 0.6) is 0 Å². The minimum atomic E-state index is -0.900. The van der Waals surface area contributed by atoms with Gasteiger partial charge in [-0.2, -0.15) is 0 Å². The van der Waals surface area contributed by atoms with Crippen molar-refractivity contribution in [2.45, 2.75) is 19.8 Å². The summed E-state index contributed by atoms with van der Waals surface area (Å²) >= 11 is 5.92. The highest BCUT2D eigenvalue weighted by Gasteiger charge is 2.32. The normalized spacial score (nSPS) is 22.1. The van der Waals surface area contributed by atoms with Crippen molar-refractivity contribution in [3.05, 3.63) is 34.6 Å². The molecule has 1 aliphatic heterocycles. The van der Waals surface area contributed by atoms with Gasteiger partial charge in [0.2, 0.25) is 5.91 Å². The largest absolute Gasteiger partial charge is 0.481 e. The van der Waals surface area contributed by atoms with Crippen molar-refractivity contribution in [3.8, 4) is 0 Å². The number of carbonyl (C=O) groups excluding carboxylic acids is 1. The average molecular weight is 314 g/mol. The van der Waals surface area contributed by atoms with Gasteiger partial charge in [-0.05, 0) is 24.5 Å². The van der Waals surface area contributed by atoms with Gasteiger partial charge in [-0.1, -0.05) is 24.6 Å². The highest BCUT2D eigenvalue weighted by Crippen LogP contribution is 2.24. The van der Waals surface area contributed by atoms with Crippen molar-refractivity contribution in [3.63, 3.8) is 0 Å². The van der Waals surface area contributed by atoms with Crippen LogP contribution in [0.3, 0.4) is 0 Å². The minimum absolute atomic E-state index is 0.111. The summed E-state index contributed by atoms with van der Waals surface area (Å²) in [4.78, 5) is 24.9. The second-order valence-electron chi connectivity index (χ2n) is 5.55. The smallest absolute Gasteiger partial charge is 0.308 e. The quantitative estimate of drug-likeness (QED) is 0.933. The van der Waals surface area contributed by atoms with Gasteiger partial charge in [0.15, 0.2) is 0 Å². The number of benzene rings is 1. The lowest BCUT2D eigenvalue weighted by atomic mass is 9.90. The second kappa shape index (κ2) is 6.43. The average Bonchev–Trinajstić information content (AvgIpc) is 2.42. The Labute approximate surface area is 127 Å². The number of carboxylic acid groups (broad SMARTS) is 1. The third kappa shape index (κ3) is 3.73. The molecule has 1 fully saturated rings. The van der Waals surface area contributed by atoms with Crippen molar-refractivity contribution in [2.24, 2.45) is 11.8 Å². The van der Waals surface area contributed by atoms with E-state index in [0.717, 1.165) is 0 Å². The molecule has 0 bridgehead atoms. The lowest BCUT2D eigenvalue weighted by Gasteiger charge is -2.34. The molecule has 114 valence electrons. The van der Waals surface area contributed by atoms with E-state index in [1.807, 2.05) is 6.92 Å². The zero-order valence-electron chi connectivity index (χ0n) is 11.7. The molecule has 1 N–H and O–H groups in total. The van der Waals surface area contributed by atoms with Gasteiger partial charge < -0.3 is 10.0 Å². The molecule has 0 aliphatic carbocycles. The van der Waals surface area contributed by atoms with Crippen molar-refractivity contribution in [1.82, 2.24) is 4.90 Å². The van der Waals surface area contributed by atoms with Crippen LogP contribution < -0.4 is 0 Å². The molecule has 0 spiro atoms. The first-order valence-electron chi connectivity index (χ1n) is 6.82. The van der Waals surface area contributed by atoms with E-state index < -0.39 is 17.7 Å². The molecule has 4 nitrogen and oxygen atoms in total. The predicted molar refractivity (Wildman–Crippen MR) is 76.6 cm³/mol. The number of carbonyl (C=O) groups is 2. The maximum atomic E-state index is 13.7. The summed E-state index contributed by atoms with van der Waals surface area (Å²) in [5.74, 6) is -2.16. The van der Waals surface area contributed by atoms with Gasteiger partial charge in [-0.3, -0.25) is 9.59 Å². The van der Waals surface area contributed by atoms with Gasteiger partial charge in [0.25, 0.3) is 0 Å². The SMILES string of the molecule is CC1CC(C(=O)O)CN(C(=O)Cc2c(F)cccc2Cl)C1. The van der Waals surface area contributed by atoms with Gasteiger partial charge in [0.05, 0.1) is 12.3 Å². The van der Waals surface area contributed by atoms with Gasteiger partial charge in [0.1, 0.15) is 5.82 Å². The van der Waals surface area contributed by atoms with Crippen LogP contribution in [0.2, 0.25) is 5.02 Å². The van der Waals surface area contributed by atoms with Gasteiger partial charge in [-0.25, -0.2) is 4.39 Å². The standard InChI is InChI=1S/C15H17ClFNO3/c1-9-5-10(15(20)21)8-18(7-9)14(19)6-11-12(16)3-2-4-13(11)17/h2-4,9-10H,5-8H2,1H3,(H,20,21). The Morgan fingerprint density at radius 3 is 2.76 bits per heavy atom. The van der Waals surface area contributed by atoms with Crippen LogP contribution in [-0.2, 0) is 16.0 Å². The van der Waals surface area contributed by atoms with Crippen LogP contribution in [0.15, 0.2) is 18.2 Å². The Morgan fingerprint density at radius 2 is 2.14 bits per heavy atom. The van der Waals surface area contributed by atoms with Crippen LogP contribution in [0, 0.1) is 17.7 Å². The molecule has 1 aliphatic rings. The molecule has 2 rings (SSSR count). The number of hydrogen-bond acceptors (Lipinski definition) is 2. The van der Waals surface area contributed by atoms with Crippen LogP contribution in [-0.4, -0.2) is 35.0 Å². The summed E-state index contributed by atoms with van der Waals surface area (Å²) in [7, 11) is 0. The minimum Gasteiger partial charge on any atom is -0.481 e. The van der Waals surface area contributed by atoms with Crippen LogP contribution in [0.25, 0.3) is 0 Å². The fourth-order valence-corrected chi connectivity index (χ4v) is 2.93. The fourth-order valence-electron chi connectivity index (χ4n) is 2.70. The molecule has 0 aromatic heterocycles. The summed E-state index contributed by atoms with van der Waals surface area (Å²) in [6.45, 7) is 2.57. The van der Waals surface area contributed by atoms with Crippen molar-refractivity contribution >= 4 is 23.5 Å². The van der Waals surface area contributed by atoms with Crippen LogP contribution >= 0.6 is 11.6 Å². The van der Waals surface area contributed by atoms with Crippen LogP contribution in [0.4, 0.5) is 4.39 Å². The number of aliphatic carboxylic acids is 1.